The van der Waals surface area contributed by atoms with Crippen LogP contribution in [0.1, 0.15) is 35.7 Å². The Labute approximate surface area is 116 Å². The molecule has 0 spiro atoms. The monoisotopic (exact) mass is 259 g/mol. The Bertz CT molecular complexity index is 456. The topological polar surface area (TPSA) is 29.5 Å². The molecule has 1 fully saturated rings. The van der Waals surface area contributed by atoms with Gasteiger partial charge >= 0.3 is 0 Å². The number of ether oxygens (including phenoxy) is 1. The smallest absolute Gasteiger partial charge is 0.150 e. The van der Waals surface area contributed by atoms with Crippen LogP contribution in [0, 0.1) is 6.92 Å². The summed E-state index contributed by atoms with van der Waals surface area (Å²) < 4.78 is 5.45. The summed E-state index contributed by atoms with van der Waals surface area (Å²) in [6.07, 6.45) is 3.10. The molecule has 2 rings (SSSR count). The summed E-state index contributed by atoms with van der Waals surface area (Å²) >= 11 is 0. The highest BCUT2D eigenvalue weighted by atomic mass is 16.5. The van der Waals surface area contributed by atoms with E-state index in [0.29, 0.717) is 6.04 Å². The largest absolute Gasteiger partial charge is 0.381 e. The van der Waals surface area contributed by atoms with E-state index < -0.39 is 0 Å². The van der Waals surface area contributed by atoms with E-state index in [9.17, 15) is 4.79 Å². The molecular weight excluding hydrogens is 237 g/mol. The van der Waals surface area contributed by atoms with Gasteiger partial charge < -0.3 is 9.64 Å². The van der Waals surface area contributed by atoms with Crippen LogP contribution >= 0.6 is 0 Å². The van der Waals surface area contributed by atoms with Gasteiger partial charge in [0.2, 0.25) is 0 Å². The SMILES string of the molecule is Bc1cc(C=O)c(C)c(N(CC)C2CCOCC2)c1. The third kappa shape index (κ3) is 3.00. The van der Waals surface area contributed by atoms with Gasteiger partial charge in [0.1, 0.15) is 14.1 Å². The summed E-state index contributed by atoms with van der Waals surface area (Å²) in [5, 5.41) is 0. The molecule has 1 aromatic carbocycles. The molecule has 1 saturated heterocycles. The molecule has 0 unspecified atom stereocenters. The second-order valence-electron chi connectivity index (χ2n) is 5.25. The Morgan fingerprint density at radius 3 is 2.68 bits per heavy atom. The zero-order chi connectivity index (χ0) is 13.8. The minimum Gasteiger partial charge on any atom is -0.381 e. The van der Waals surface area contributed by atoms with Gasteiger partial charge in [0.05, 0.1) is 0 Å². The fraction of sp³-hybridized carbons (Fsp3) is 0.533. The number of nitrogens with zero attached hydrogens (tertiary/aromatic N) is 1. The Kier molecular flexibility index (Phi) is 4.64. The van der Waals surface area contributed by atoms with E-state index in [0.717, 1.165) is 55.5 Å². The van der Waals surface area contributed by atoms with Crippen molar-refractivity contribution in [2.24, 2.45) is 0 Å². The first kappa shape index (κ1) is 14.1. The molecule has 1 aliphatic rings. The molecular formula is C15H22BNO2. The van der Waals surface area contributed by atoms with Crippen molar-refractivity contribution in [2.75, 3.05) is 24.7 Å². The van der Waals surface area contributed by atoms with Gasteiger partial charge in [-0.1, -0.05) is 11.5 Å². The standard InChI is InChI=1S/C15H22BNO2/c1-3-17(14-4-6-19-7-5-14)15-9-13(16)8-12(10-18)11(15)2/h8-10,14H,3-7,16H2,1-2H3. The van der Waals surface area contributed by atoms with Gasteiger partial charge in [-0.25, -0.2) is 0 Å². The van der Waals surface area contributed by atoms with Crippen LogP contribution in [0.4, 0.5) is 5.69 Å². The van der Waals surface area contributed by atoms with E-state index in [1.807, 2.05) is 20.8 Å². The zero-order valence-electron chi connectivity index (χ0n) is 12.1. The maximum atomic E-state index is 11.2. The van der Waals surface area contributed by atoms with Crippen LogP contribution in [-0.2, 0) is 4.74 Å². The summed E-state index contributed by atoms with van der Waals surface area (Å²) in [4.78, 5) is 13.6. The summed E-state index contributed by atoms with van der Waals surface area (Å²) in [6, 6.07) is 4.68. The average Bonchev–Trinajstić information content (AvgIpc) is 2.44. The van der Waals surface area contributed by atoms with Gasteiger partial charge in [-0.05, 0) is 38.3 Å². The number of hydrogen-bond donors (Lipinski definition) is 0. The predicted molar refractivity (Wildman–Crippen MR) is 81.6 cm³/mol. The Morgan fingerprint density at radius 1 is 1.42 bits per heavy atom. The predicted octanol–water partition coefficient (Wildman–Crippen LogP) is 1.07. The highest BCUT2D eigenvalue weighted by Crippen LogP contribution is 2.26. The summed E-state index contributed by atoms with van der Waals surface area (Å²) in [5.41, 5.74) is 4.25. The molecule has 4 heteroatoms. The second-order valence-corrected chi connectivity index (χ2v) is 5.25. The molecule has 0 aromatic heterocycles. The van der Waals surface area contributed by atoms with Crippen molar-refractivity contribution in [3.05, 3.63) is 23.3 Å². The normalized spacial score (nSPS) is 16.3. The van der Waals surface area contributed by atoms with E-state index in [1.165, 1.54) is 5.69 Å². The molecule has 0 atom stereocenters. The van der Waals surface area contributed by atoms with E-state index >= 15 is 0 Å². The van der Waals surface area contributed by atoms with Gasteiger partial charge in [-0.2, -0.15) is 0 Å². The van der Waals surface area contributed by atoms with Gasteiger partial charge in [-0.15, -0.1) is 0 Å². The maximum Gasteiger partial charge on any atom is 0.150 e. The lowest BCUT2D eigenvalue weighted by molar-refractivity contribution is 0.0846. The van der Waals surface area contributed by atoms with Crippen LogP contribution in [-0.4, -0.2) is 39.9 Å². The number of carbonyl (C=O) groups is 1. The van der Waals surface area contributed by atoms with Crippen LogP contribution in [0.3, 0.4) is 0 Å². The number of anilines is 1. The third-order valence-corrected chi connectivity index (χ3v) is 3.97. The number of aldehydes is 1. The summed E-state index contributed by atoms with van der Waals surface area (Å²) in [7, 11) is 2.05. The third-order valence-electron chi connectivity index (χ3n) is 3.97. The van der Waals surface area contributed by atoms with Crippen molar-refractivity contribution in [3.8, 4) is 0 Å². The molecule has 102 valence electrons. The van der Waals surface area contributed by atoms with Crippen molar-refractivity contribution in [3.63, 3.8) is 0 Å². The molecule has 1 aliphatic heterocycles. The van der Waals surface area contributed by atoms with E-state index in [1.54, 1.807) is 0 Å². The van der Waals surface area contributed by atoms with E-state index in [2.05, 4.69) is 17.9 Å². The van der Waals surface area contributed by atoms with Crippen molar-refractivity contribution < 1.29 is 9.53 Å². The van der Waals surface area contributed by atoms with Crippen molar-refractivity contribution in [1.29, 1.82) is 0 Å². The van der Waals surface area contributed by atoms with Crippen LogP contribution in [0.2, 0.25) is 0 Å². The van der Waals surface area contributed by atoms with Crippen LogP contribution in [0.5, 0.6) is 0 Å². The number of hydrogen-bond acceptors (Lipinski definition) is 3. The Morgan fingerprint density at radius 2 is 2.11 bits per heavy atom. The first-order valence-electron chi connectivity index (χ1n) is 7.08. The molecule has 0 saturated carbocycles. The fourth-order valence-corrected chi connectivity index (χ4v) is 2.91. The lowest BCUT2D eigenvalue weighted by Gasteiger charge is -2.36. The second kappa shape index (κ2) is 6.24. The van der Waals surface area contributed by atoms with Gasteiger partial charge in [0.25, 0.3) is 0 Å². The highest BCUT2D eigenvalue weighted by Gasteiger charge is 2.22. The minimum absolute atomic E-state index is 0.527. The average molecular weight is 259 g/mol. The first-order valence-corrected chi connectivity index (χ1v) is 7.08. The quantitative estimate of drug-likeness (QED) is 0.598. The van der Waals surface area contributed by atoms with Crippen LogP contribution in [0.25, 0.3) is 0 Å². The first-order chi connectivity index (χ1) is 9.17. The molecule has 0 aliphatic carbocycles. The van der Waals surface area contributed by atoms with Gasteiger partial charge in [-0.3, -0.25) is 4.79 Å². The van der Waals surface area contributed by atoms with Crippen LogP contribution < -0.4 is 10.4 Å². The lowest BCUT2D eigenvalue weighted by atomic mass is 9.90. The van der Waals surface area contributed by atoms with Crippen molar-refractivity contribution >= 4 is 25.3 Å². The van der Waals surface area contributed by atoms with Gasteiger partial charge in [0.15, 0.2) is 0 Å². The van der Waals surface area contributed by atoms with E-state index in [4.69, 9.17) is 4.74 Å². The molecule has 0 bridgehead atoms. The Hall–Kier alpha value is -1.29. The van der Waals surface area contributed by atoms with Crippen molar-refractivity contribution in [1.82, 2.24) is 0 Å². The van der Waals surface area contributed by atoms with Gasteiger partial charge in [0, 0.05) is 37.1 Å². The van der Waals surface area contributed by atoms with E-state index in [-0.39, 0.29) is 0 Å². The highest BCUT2D eigenvalue weighted by molar-refractivity contribution is 6.33. The zero-order valence-corrected chi connectivity index (χ0v) is 12.1. The van der Waals surface area contributed by atoms with Crippen molar-refractivity contribution in [2.45, 2.75) is 32.7 Å². The fourth-order valence-electron chi connectivity index (χ4n) is 2.91. The molecule has 1 heterocycles. The molecule has 0 N–H and O–H groups in total. The number of rotatable bonds is 4. The molecule has 1 aromatic rings. The molecule has 0 amide bonds. The number of benzene rings is 1. The minimum atomic E-state index is 0.527. The maximum absolute atomic E-state index is 11.2. The molecule has 0 radical (unpaired) electrons. The summed E-state index contributed by atoms with van der Waals surface area (Å²) in [6.45, 7) is 6.87. The number of carbonyl (C=O) groups excluding carboxylic acids is 1. The Balaban J connectivity index is 2.36. The summed E-state index contributed by atoms with van der Waals surface area (Å²) in [5.74, 6) is 0. The van der Waals surface area contributed by atoms with Crippen LogP contribution in [0.15, 0.2) is 12.1 Å². The lowest BCUT2D eigenvalue weighted by Crippen LogP contribution is -2.40. The molecule has 3 nitrogen and oxygen atoms in total. The molecule has 19 heavy (non-hydrogen) atoms.